The number of aromatic nitrogens is 3. The average molecular weight is 599 g/mol. The first kappa shape index (κ1) is 29.4. The molecule has 2 aromatic heterocycles. The Hall–Kier alpha value is -5.63. The molecule has 4 aromatic carbocycles. The summed E-state index contributed by atoms with van der Waals surface area (Å²) in [5.74, 6) is 0.00636. The van der Waals surface area contributed by atoms with E-state index in [-0.39, 0.29) is 18.9 Å². The van der Waals surface area contributed by atoms with E-state index in [9.17, 15) is 9.59 Å². The number of H-pyrrole nitrogens is 1. The minimum atomic E-state index is -0.620. The van der Waals surface area contributed by atoms with E-state index in [2.05, 4.69) is 10.3 Å². The van der Waals surface area contributed by atoms with Crippen LogP contribution in [0.5, 0.6) is 0 Å². The van der Waals surface area contributed by atoms with Gasteiger partial charge in [-0.2, -0.15) is 0 Å². The molecule has 2 heterocycles. The van der Waals surface area contributed by atoms with Crippen LogP contribution in [0.4, 0.5) is 4.79 Å². The first-order valence-corrected chi connectivity index (χ1v) is 14.9. The molecule has 0 bridgehead atoms. The van der Waals surface area contributed by atoms with Crippen LogP contribution in [-0.4, -0.2) is 26.6 Å². The quantitative estimate of drug-likeness (QED) is 0.153. The molecular weight excluding hydrogens is 564 g/mol. The van der Waals surface area contributed by atoms with Gasteiger partial charge >= 0.3 is 12.1 Å². The Balaban J connectivity index is 1.35. The van der Waals surface area contributed by atoms with Gasteiger partial charge in [0.2, 0.25) is 0 Å². The van der Waals surface area contributed by atoms with Crippen LogP contribution in [0.1, 0.15) is 50.3 Å². The van der Waals surface area contributed by atoms with Crippen molar-refractivity contribution >= 4 is 23.0 Å². The fraction of sp³-hybridized carbons (Fsp3) is 0.162. The molecule has 45 heavy (non-hydrogen) atoms. The Morgan fingerprint density at radius 1 is 0.778 bits per heavy atom. The largest absolute Gasteiger partial charge is 0.456 e. The summed E-state index contributed by atoms with van der Waals surface area (Å²) in [5.41, 5.74) is 5.64. The van der Waals surface area contributed by atoms with Crippen LogP contribution in [0.2, 0.25) is 0 Å². The van der Waals surface area contributed by atoms with Gasteiger partial charge in [0, 0.05) is 35.8 Å². The van der Waals surface area contributed by atoms with Crippen LogP contribution < -0.4 is 5.32 Å². The van der Waals surface area contributed by atoms with E-state index in [1.807, 2.05) is 133 Å². The topological polar surface area (TPSA) is 98.2 Å². The molecule has 0 spiro atoms. The summed E-state index contributed by atoms with van der Waals surface area (Å²) in [6.07, 6.45) is 1.78. The molecule has 0 aliphatic heterocycles. The molecule has 0 aliphatic carbocycles. The van der Waals surface area contributed by atoms with Gasteiger partial charge in [0.15, 0.2) is 5.69 Å². The first-order chi connectivity index (χ1) is 22.0. The van der Waals surface area contributed by atoms with Gasteiger partial charge in [-0.3, -0.25) is 0 Å². The highest BCUT2D eigenvalue weighted by Crippen LogP contribution is 2.27. The van der Waals surface area contributed by atoms with Crippen molar-refractivity contribution in [2.75, 3.05) is 0 Å². The molecule has 226 valence electrons. The number of fused-ring (bicyclic) bond motifs is 1. The molecule has 1 atom stereocenters. The van der Waals surface area contributed by atoms with E-state index in [0.29, 0.717) is 24.5 Å². The molecular formula is C37H34N4O4. The molecule has 0 saturated carbocycles. The second-order valence-electron chi connectivity index (χ2n) is 10.9. The molecule has 0 saturated heterocycles. The SMILES string of the molecule is Cc1c(C(=O)OCc2ccccc2)nc([C@@H](Cc2c[nH]c3ccccc23)NC(=O)OCc2ccccc2)n1Cc1ccccc1. The number of esters is 1. The van der Waals surface area contributed by atoms with Gasteiger partial charge in [0.1, 0.15) is 19.0 Å². The zero-order valence-electron chi connectivity index (χ0n) is 25.0. The third kappa shape index (κ3) is 7.13. The van der Waals surface area contributed by atoms with Crippen LogP contribution in [0.25, 0.3) is 10.9 Å². The highest BCUT2D eigenvalue weighted by atomic mass is 16.5. The Labute approximate surface area is 261 Å². The minimum Gasteiger partial charge on any atom is -0.456 e. The average Bonchev–Trinajstić information content (AvgIpc) is 3.64. The zero-order valence-corrected chi connectivity index (χ0v) is 25.0. The number of hydrogen-bond acceptors (Lipinski definition) is 5. The fourth-order valence-corrected chi connectivity index (χ4v) is 5.41. The van der Waals surface area contributed by atoms with Gasteiger partial charge in [-0.25, -0.2) is 14.6 Å². The number of rotatable bonds is 11. The van der Waals surface area contributed by atoms with Gasteiger partial charge in [-0.1, -0.05) is 109 Å². The van der Waals surface area contributed by atoms with Crippen molar-refractivity contribution in [3.63, 3.8) is 0 Å². The number of amides is 1. The summed E-state index contributed by atoms with van der Waals surface area (Å²) in [5, 5.41) is 4.10. The van der Waals surface area contributed by atoms with E-state index in [4.69, 9.17) is 14.5 Å². The fourth-order valence-electron chi connectivity index (χ4n) is 5.41. The Bertz CT molecular complexity index is 1880. The maximum Gasteiger partial charge on any atom is 0.408 e. The molecule has 2 N–H and O–H groups in total. The molecule has 0 unspecified atom stereocenters. The maximum absolute atomic E-state index is 13.4. The monoisotopic (exact) mass is 598 g/mol. The number of alkyl carbamates (subject to hydrolysis) is 1. The third-order valence-corrected chi connectivity index (χ3v) is 7.76. The molecule has 0 aliphatic rings. The van der Waals surface area contributed by atoms with Gasteiger partial charge in [0.25, 0.3) is 0 Å². The lowest BCUT2D eigenvalue weighted by atomic mass is 10.0. The molecule has 6 aromatic rings. The second-order valence-corrected chi connectivity index (χ2v) is 10.9. The maximum atomic E-state index is 13.4. The van der Waals surface area contributed by atoms with Crippen LogP contribution >= 0.6 is 0 Å². The number of imidazole rings is 1. The first-order valence-electron chi connectivity index (χ1n) is 14.9. The van der Waals surface area contributed by atoms with Gasteiger partial charge in [-0.15, -0.1) is 0 Å². The third-order valence-electron chi connectivity index (χ3n) is 7.76. The van der Waals surface area contributed by atoms with Crippen molar-refractivity contribution in [3.8, 4) is 0 Å². The summed E-state index contributed by atoms with van der Waals surface area (Å²) in [4.78, 5) is 34.9. The summed E-state index contributed by atoms with van der Waals surface area (Å²) in [6.45, 7) is 2.56. The van der Waals surface area contributed by atoms with Crippen molar-refractivity contribution < 1.29 is 19.1 Å². The standard InChI is InChI=1S/C37H34N4O4/c1-26-34(36(42)44-24-28-15-7-3-8-16-28)40-35(41(26)23-27-13-5-2-6-14-27)33(21-30-22-38-32-20-12-11-19-31(30)32)39-37(43)45-25-29-17-9-4-10-18-29/h2-20,22,33,38H,21,23-25H2,1H3,(H,39,43)/t33-/m1/s1. The van der Waals surface area contributed by atoms with Crippen LogP contribution in [0.3, 0.4) is 0 Å². The molecule has 8 heteroatoms. The summed E-state index contributed by atoms with van der Waals surface area (Å²) in [6, 6.07) is 36.4. The zero-order chi connectivity index (χ0) is 31.0. The van der Waals surface area contributed by atoms with Crippen molar-refractivity contribution in [1.82, 2.24) is 19.9 Å². The number of carbonyl (C=O) groups excluding carboxylic acids is 2. The molecule has 0 fully saturated rings. The molecule has 6 rings (SSSR count). The number of para-hydroxylation sites is 1. The van der Waals surface area contributed by atoms with Crippen molar-refractivity contribution in [3.05, 3.63) is 161 Å². The summed E-state index contributed by atoms with van der Waals surface area (Å²) >= 11 is 0. The van der Waals surface area contributed by atoms with E-state index in [0.717, 1.165) is 33.2 Å². The predicted octanol–water partition coefficient (Wildman–Crippen LogP) is 7.29. The highest BCUT2D eigenvalue weighted by Gasteiger charge is 2.28. The number of nitrogens with zero attached hydrogens (tertiary/aromatic N) is 2. The Morgan fingerprint density at radius 2 is 1.36 bits per heavy atom. The number of benzene rings is 4. The highest BCUT2D eigenvalue weighted by molar-refractivity contribution is 5.88. The van der Waals surface area contributed by atoms with Gasteiger partial charge in [-0.05, 0) is 35.2 Å². The Kier molecular flexibility index (Phi) is 9.01. The van der Waals surface area contributed by atoms with E-state index in [1.54, 1.807) is 0 Å². The summed E-state index contributed by atoms with van der Waals surface area (Å²) in [7, 11) is 0. The van der Waals surface area contributed by atoms with Crippen molar-refractivity contribution in [2.24, 2.45) is 0 Å². The minimum absolute atomic E-state index is 0.126. The number of nitrogens with one attached hydrogen (secondary N) is 2. The van der Waals surface area contributed by atoms with Crippen LogP contribution in [-0.2, 0) is 35.7 Å². The van der Waals surface area contributed by atoms with Gasteiger partial charge in [0.05, 0.1) is 6.04 Å². The number of ether oxygens (including phenoxy) is 2. The van der Waals surface area contributed by atoms with Crippen molar-refractivity contribution in [1.29, 1.82) is 0 Å². The molecule has 8 nitrogen and oxygen atoms in total. The van der Waals surface area contributed by atoms with E-state index < -0.39 is 18.1 Å². The van der Waals surface area contributed by atoms with Crippen LogP contribution in [0, 0.1) is 6.92 Å². The number of aromatic amines is 1. The van der Waals surface area contributed by atoms with E-state index in [1.165, 1.54) is 0 Å². The number of hydrogen-bond donors (Lipinski definition) is 2. The van der Waals surface area contributed by atoms with E-state index >= 15 is 0 Å². The lowest BCUT2D eigenvalue weighted by Gasteiger charge is -2.20. The molecule has 1 amide bonds. The number of carbonyl (C=O) groups is 2. The van der Waals surface area contributed by atoms with Crippen molar-refractivity contribution in [2.45, 2.75) is 39.1 Å². The Morgan fingerprint density at radius 3 is 2.02 bits per heavy atom. The second kappa shape index (κ2) is 13.8. The van der Waals surface area contributed by atoms with Gasteiger partial charge < -0.3 is 24.3 Å². The predicted molar refractivity (Wildman–Crippen MR) is 173 cm³/mol. The normalized spacial score (nSPS) is 11.7. The lowest BCUT2D eigenvalue weighted by Crippen LogP contribution is -2.32. The molecule has 0 radical (unpaired) electrons. The summed E-state index contributed by atoms with van der Waals surface area (Å²) < 4.78 is 13.3. The van der Waals surface area contributed by atoms with Crippen LogP contribution in [0.15, 0.2) is 121 Å². The smallest absolute Gasteiger partial charge is 0.408 e. The lowest BCUT2D eigenvalue weighted by molar-refractivity contribution is 0.0465.